The molecule has 1 aromatic heterocycles. The van der Waals surface area contributed by atoms with Gasteiger partial charge in [0.2, 0.25) is 0 Å². The molecule has 1 aromatic rings. The van der Waals surface area contributed by atoms with Crippen LogP contribution in [0.5, 0.6) is 0 Å². The number of hydrogen-bond donors (Lipinski definition) is 1. The van der Waals surface area contributed by atoms with Crippen molar-refractivity contribution in [3.63, 3.8) is 0 Å². The summed E-state index contributed by atoms with van der Waals surface area (Å²) in [7, 11) is 0. The van der Waals surface area contributed by atoms with E-state index >= 15 is 0 Å². The summed E-state index contributed by atoms with van der Waals surface area (Å²) in [6.07, 6.45) is 1.45. The average molecular weight is 336 g/mol. The van der Waals surface area contributed by atoms with E-state index in [-0.39, 0.29) is 11.7 Å². The molecule has 0 unspecified atom stereocenters. The van der Waals surface area contributed by atoms with Crippen LogP contribution in [0.2, 0.25) is 0 Å². The Labute approximate surface area is 136 Å². The molecule has 9 heteroatoms. The van der Waals surface area contributed by atoms with Gasteiger partial charge in [-0.15, -0.1) is 0 Å². The molecule has 0 saturated carbocycles. The minimum Gasteiger partial charge on any atom is -0.459 e. The van der Waals surface area contributed by atoms with Gasteiger partial charge >= 0.3 is 11.8 Å². The first-order chi connectivity index (χ1) is 11.1. The lowest BCUT2D eigenvalue weighted by Crippen LogP contribution is -2.54. The Morgan fingerprint density at radius 1 is 1.17 bits per heavy atom. The van der Waals surface area contributed by atoms with Crippen LogP contribution in [-0.4, -0.2) is 71.2 Å². The summed E-state index contributed by atoms with van der Waals surface area (Å²) in [5, 5.41) is 3.01. The third-order valence-corrected chi connectivity index (χ3v) is 4.48. The van der Waals surface area contributed by atoms with Crippen LogP contribution in [0, 0.1) is 0 Å². The Hall–Kier alpha value is -2.29. The van der Waals surface area contributed by atoms with Crippen LogP contribution in [0.1, 0.15) is 10.6 Å². The third kappa shape index (κ3) is 3.55. The molecule has 0 aliphatic carbocycles. The second kappa shape index (κ2) is 6.86. The molecule has 1 N–H and O–H groups in total. The summed E-state index contributed by atoms with van der Waals surface area (Å²) in [6.45, 7) is 2.03. The summed E-state index contributed by atoms with van der Waals surface area (Å²) in [4.78, 5) is 43.3. The minimum absolute atomic E-state index is 0.205. The van der Waals surface area contributed by atoms with Crippen molar-refractivity contribution in [2.75, 3.05) is 38.5 Å². The van der Waals surface area contributed by atoms with Crippen LogP contribution in [0.4, 0.5) is 0 Å². The summed E-state index contributed by atoms with van der Waals surface area (Å²) >= 11 is 1.42. The van der Waals surface area contributed by atoms with Crippen LogP contribution in [-0.2, 0) is 9.59 Å². The Kier molecular flexibility index (Phi) is 4.65. The summed E-state index contributed by atoms with van der Waals surface area (Å²) in [6, 6.07) is 3.26. The first-order valence-electron chi connectivity index (χ1n) is 7.25. The molecule has 0 aromatic carbocycles. The fourth-order valence-electron chi connectivity index (χ4n) is 2.37. The van der Waals surface area contributed by atoms with Crippen molar-refractivity contribution in [2.45, 2.75) is 0 Å². The largest absolute Gasteiger partial charge is 0.459 e. The van der Waals surface area contributed by atoms with Crippen molar-refractivity contribution in [3.8, 4) is 0 Å². The Balaban J connectivity index is 1.51. The Morgan fingerprint density at radius 3 is 2.52 bits per heavy atom. The molecule has 0 atom stereocenters. The van der Waals surface area contributed by atoms with Gasteiger partial charge in [-0.1, -0.05) is 11.8 Å². The van der Waals surface area contributed by atoms with Gasteiger partial charge in [0.15, 0.2) is 10.9 Å². The van der Waals surface area contributed by atoms with Crippen molar-refractivity contribution in [3.05, 3.63) is 24.2 Å². The molecule has 2 aliphatic rings. The highest BCUT2D eigenvalue weighted by atomic mass is 32.2. The lowest BCUT2D eigenvalue weighted by Gasteiger charge is -2.33. The Morgan fingerprint density at radius 2 is 1.91 bits per heavy atom. The number of aliphatic imine (C=N–C) groups is 1. The van der Waals surface area contributed by atoms with Gasteiger partial charge in [0, 0.05) is 31.9 Å². The quantitative estimate of drug-likeness (QED) is 0.716. The number of furan rings is 1. The molecular formula is C14H16N4O4S. The fraction of sp³-hybridized carbons (Fsp3) is 0.429. The average Bonchev–Trinajstić information content (AvgIpc) is 3.27. The SMILES string of the molecule is O=C(NC1=NCCS1)C(=O)N1CCN(C(=O)c2ccco2)CC1. The van der Waals surface area contributed by atoms with Crippen LogP contribution in [0.25, 0.3) is 0 Å². The zero-order valence-electron chi connectivity index (χ0n) is 12.4. The zero-order valence-corrected chi connectivity index (χ0v) is 13.2. The molecule has 3 heterocycles. The van der Waals surface area contributed by atoms with Crippen LogP contribution >= 0.6 is 11.8 Å². The van der Waals surface area contributed by atoms with Gasteiger partial charge in [0.1, 0.15) is 0 Å². The fourth-order valence-corrected chi connectivity index (χ4v) is 3.10. The van der Waals surface area contributed by atoms with Gasteiger partial charge in [0.25, 0.3) is 5.91 Å². The lowest BCUT2D eigenvalue weighted by molar-refractivity contribution is -0.146. The highest BCUT2D eigenvalue weighted by Gasteiger charge is 2.29. The lowest BCUT2D eigenvalue weighted by atomic mass is 10.2. The maximum absolute atomic E-state index is 12.1. The van der Waals surface area contributed by atoms with Gasteiger partial charge < -0.3 is 14.2 Å². The molecule has 23 heavy (non-hydrogen) atoms. The molecule has 0 spiro atoms. The van der Waals surface area contributed by atoms with Crippen LogP contribution in [0.3, 0.4) is 0 Å². The summed E-state index contributed by atoms with van der Waals surface area (Å²) < 4.78 is 5.08. The summed E-state index contributed by atoms with van der Waals surface area (Å²) in [5.41, 5.74) is 0. The molecule has 1 fully saturated rings. The predicted octanol–water partition coefficient (Wildman–Crippen LogP) is -0.217. The minimum atomic E-state index is -0.677. The van der Waals surface area contributed by atoms with Gasteiger partial charge in [-0.05, 0) is 12.1 Å². The van der Waals surface area contributed by atoms with Gasteiger partial charge in [-0.25, -0.2) is 0 Å². The molecular weight excluding hydrogens is 320 g/mol. The topological polar surface area (TPSA) is 95.2 Å². The molecule has 1 saturated heterocycles. The molecule has 3 rings (SSSR count). The van der Waals surface area contributed by atoms with E-state index in [2.05, 4.69) is 10.3 Å². The zero-order chi connectivity index (χ0) is 16.2. The summed E-state index contributed by atoms with van der Waals surface area (Å²) in [5.74, 6) is -0.381. The first kappa shape index (κ1) is 15.6. The number of nitrogens with zero attached hydrogens (tertiary/aromatic N) is 3. The Bertz CT molecular complexity index is 635. The number of thioether (sulfide) groups is 1. The predicted molar refractivity (Wildman–Crippen MR) is 84.1 cm³/mol. The maximum atomic E-state index is 12.1. The monoisotopic (exact) mass is 336 g/mol. The van der Waals surface area contributed by atoms with E-state index < -0.39 is 11.8 Å². The number of carbonyl (C=O) groups is 3. The number of nitrogens with one attached hydrogen (secondary N) is 1. The molecule has 8 nitrogen and oxygen atoms in total. The van der Waals surface area contributed by atoms with Gasteiger partial charge in [-0.3, -0.25) is 24.7 Å². The third-order valence-electron chi connectivity index (χ3n) is 3.59. The van der Waals surface area contributed by atoms with E-state index in [9.17, 15) is 14.4 Å². The normalized spacial score (nSPS) is 17.8. The van der Waals surface area contributed by atoms with E-state index in [1.54, 1.807) is 17.0 Å². The molecule has 2 aliphatic heterocycles. The highest BCUT2D eigenvalue weighted by molar-refractivity contribution is 8.14. The number of amides is 3. The van der Waals surface area contributed by atoms with E-state index in [0.717, 1.165) is 5.75 Å². The van der Waals surface area contributed by atoms with Crippen molar-refractivity contribution in [1.29, 1.82) is 0 Å². The highest BCUT2D eigenvalue weighted by Crippen LogP contribution is 2.11. The maximum Gasteiger partial charge on any atom is 0.315 e. The van der Waals surface area contributed by atoms with E-state index in [4.69, 9.17) is 4.42 Å². The van der Waals surface area contributed by atoms with Crippen LogP contribution in [0.15, 0.2) is 27.8 Å². The second-order valence-electron chi connectivity index (χ2n) is 5.05. The number of carbonyl (C=O) groups excluding carboxylic acids is 3. The van der Waals surface area contributed by atoms with Gasteiger partial charge in [0.05, 0.1) is 12.8 Å². The standard InChI is InChI=1S/C14H16N4O4S/c19-11(16-14-15-3-9-23-14)13(21)18-6-4-17(5-7-18)12(20)10-2-1-8-22-10/h1-2,8H,3-7,9H2,(H,15,16,19). The number of hydrogen-bond acceptors (Lipinski definition) is 6. The van der Waals surface area contributed by atoms with E-state index in [1.807, 2.05) is 0 Å². The first-order valence-corrected chi connectivity index (χ1v) is 8.24. The number of piperazine rings is 1. The number of rotatable bonds is 1. The smallest absolute Gasteiger partial charge is 0.315 e. The van der Waals surface area contributed by atoms with Crippen molar-refractivity contribution >= 4 is 34.7 Å². The molecule has 3 amide bonds. The second-order valence-corrected chi connectivity index (χ2v) is 6.13. The number of amidine groups is 1. The van der Waals surface area contributed by atoms with E-state index in [0.29, 0.717) is 37.9 Å². The molecule has 122 valence electrons. The van der Waals surface area contributed by atoms with Crippen LogP contribution < -0.4 is 5.32 Å². The van der Waals surface area contributed by atoms with Crippen molar-refractivity contribution in [1.82, 2.24) is 15.1 Å². The van der Waals surface area contributed by atoms with Gasteiger partial charge in [-0.2, -0.15) is 0 Å². The van der Waals surface area contributed by atoms with Crippen molar-refractivity contribution < 1.29 is 18.8 Å². The van der Waals surface area contributed by atoms with Crippen molar-refractivity contribution in [2.24, 2.45) is 4.99 Å². The molecule has 0 radical (unpaired) electrons. The molecule has 0 bridgehead atoms. The van der Waals surface area contributed by atoms with E-state index in [1.165, 1.54) is 22.9 Å².